The van der Waals surface area contributed by atoms with E-state index in [2.05, 4.69) is 4.90 Å². The van der Waals surface area contributed by atoms with Crippen molar-refractivity contribution in [2.24, 2.45) is 11.7 Å². The van der Waals surface area contributed by atoms with Gasteiger partial charge in [0.1, 0.15) is 0 Å². The minimum Gasteiger partial charge on any atom is -0.388 e. The molecule has 0 unspecified atom stereocenters. The lowest BCUT2D eigenvalue weighted by Crippen LogP contribution is -2.39. The molecule has 3 N–H and O–H groups in total. The van der Waals surface area contributed by atoms with Gasteiger partial charge >= 0.3 is 0 Å². The van der Waals surface area contributed by atoms with Crippen molar-refractivity contribution < 1.29 is 9.90 Å². The Balaban J connectivity index is 2.13. The van der Waals surface area contributed by atoms with Crippen molar-refractivity contribution in [3.05, 3.63) is 29.8 Å². The van der Waals surface area contributed by atoms with Gasteiger partial charge in [-0.3, -0.25) is 4.79 Å². The number of amides is 1. The van der Waals surface area contributed by atoms with E-state index in [1.807, 2.05) is 31.2 Å². The first-order valence-corrected chi connectivity index (χ1v) is 6.94. The van der Waals surface area contributed by atoms with Gasteiger partial charge in [0.15, 0.2) is 0 Å². The van der Waals surface area contributed by atoms with Gasteiger partial charge in [-0.25, -0.2) is 0 Å². The van der Waals surface area contributed by atoms with E-state index in [0.717, 1.165) is 37.2 Å². The molecule has 0 radical (unpaired) electrons. The molecule has 1 aromatic carbocycles. The Labute approximate surface area is 114 Å². The number of aliphatic hydroxyl groups excluding tert-OH is 1. The van der Waals surface area contributed by atoms with Crippen molar-refractivity contribution in [3.63, 3.8) is 0 Å². The molecule has 4 nitrogen and oxygen atoms in total. The summed E-state index contributed by atoms with van der Waals surface area (Å²) >= 11 is 0. The molecule has 0 bridgehead atoms. The molecule has 1 atom stereocenters. The van der Waals surface area contributed by atoms with Crippen LogP contribution in [0.2, 0.25) is 0 Å². The molecule has 1 heterocycles. The minimum absolute atomic E-state index is 0.000453. The first-order valence-electron chi connectivity index (χ1n) is 6.94. The highest BCUT2D eigenvalue weighted by Crippen LogP contribution is 2.31. The molecule has 1 saturated heterocycles. The number of benzene rings is 1. The number of piperidine rings is 1. The second-order valence-corrected chi connectivity index (χ2v) is 5.15. The Morgan fingerprint density at radius 2 is 2.05 bits per heavy atom. The van der Waals surface area contributed by atoms with Gasteiger partial charge in [-0.2, -0.15) is 0 Å². The molecule has 1 fully saturated rings. The first-order chi connectivity index (χ1) is 9.13. The number of carbonyl (C=O) groups is 1. The number of nitrogens with zero attached hydrogens (tertiary/aromatic N) is 1. The van der Waals surface area contributed by atoms with E-state index in [4.69, 9.17) is 5.73 Å². The molecule has 1 amide bonds. The maximum Gasteiger partial charge on any atom is 0.220 e. The zero-order valence-corrected chi connectivity index (χ0v) is 11.4. The fourth-order valence-electron chi connectivity index (χ4n) is 2.68. The van der Waals surface area contributed by atoms with Gasteiger partial charge in [-0.15, -0.1) is 0 Å². The quantitative estimate of drug-likeness (QED) is 0.870. The third-order valence-corrected chi connectivity index (χ3v) is 3.92. The maximum absolute atomic E-state index is 11.2. The number of hydrogen-bond acceptors (Lipinski definition) is 3. The van der Waals surface area contributed by atoms with Crippen LogP contribution < -0.4 is 10.6 Å². The largest absolute Gasteiger partial charge is 0.388 e. The molecule has 19 heavy (non-hydrogen) atoms. The molecular weight excluding hydrogens is 240 g/mol. The van der Waals surface area contributed by atoms with Crippen LogP contribution in [0.5, 0.6) is 0 Å². The van der Waals surface area contributed by atoms with Crippen LogP contribution in [0, 0.1) is 5.92 Å². The zero-order valence-electron chi connectivity index (χ0n) is 11.4. The normalized spacial score (nSPS) is 18.3. The third kappa shape index (κ3) is 3.07. The molecule has 0 aromatic heterocycles. The second-order valence-electron chi connectivity index (χ2n) is 5.15. The smallest absolute Gasteiger partial charge is 0.220 e. The van der Waals surface area contributed by atoms with Crippen LogP contribution in [0.3, 0.4) is 0 Å². The van der Waals surface area contributed by atoms with Crippen LogP contribution in [0.25, 0.3) is 0 Å². The van der Waals surface area contributed by atoms with E-state index in [1.165, 1.54) is 0 Å². The molecule has 1 aliphatic heterocycles. The minimum atomic E-state index is -0.426. The zero-order chi connectivity index (χ0) is 13.8. The van der Waals surface area contributed by atoms with Gasteiger partial charge in [0, 0.05) is 30.3 Å². The van der Waals surface area contributed by atoms with Gasteiger partial charge in [-0.05, 0) is 25.3 Å². The van der Waals surface area contributed by atoms with Crippen molar-refractivity contribution in [3.8, 4) is 0 Å². The molecule has 0 saturated carbocycles. The predicted molar refractivity (Wildman–Crippen MR) is 75.8 cm³/mol. The van der Waals surface area contributed by atoms with Crippen LogP contribution in [0.1, 0.15) is 37.9 Å². The number of carbonyl (C=O) groups excluding carboxylic acids is 1. The van der Waals surface area contributed by atoms with E-state index >= 15 is 0 Å². The fourth-order valence-corrected chi connectivity index (χ4v) is 2.68. The van der Waals surface area contributed by atoms with Gasteiger partial charge in [-0.1, -0.05) is 25.1 Å². The maximum atomic E-state index is 11.2. The Morgan fingerprint density at radius 1 is 1.42 bits per heavy atom. The van der Waals surface area contributed by atoms with Gasteiger partial charge < -0.3 is 15.7 Å². The summed E-state index contributed by atoms with van der Waals surface area (Å²) in [5.41, 5.74) is 7.41. The fraction of sp³-hybridized carbons (Fsp3) is 0.533. The molecule has 1 aromatic rings. The first kappa shape index (κ1) is 13.9. The highest BCUT2D eigenvalue weighted by atomic mass is 16.3. The lowest BCUT2D eigenvalue weighted by Gasteiger charge is -2.34. The average Bonchev–Trinajstić information content (AvgIpc) is 2.46. The van der Waals surface area contributed by atoms with E-state index < -0.39 is 6.10 Å². The summed E-state index contributed by atoms with van der Waals surface area (Å²) in [5.74, 6) is -0.193. The van der Waals surface area contributed by atoms with Crippen molar-refractivity contribution >= 4 is 11.6 Å². The predicted octanol–water partition coefficient (Wildman–Crippen LogP) is 1.83. The van der Waals surface area contributed by atoms with Crippen molar-refractivity contribution in [1.29, 1.82) is 0 Å². The summed E-state index contributed by atoms with van der Waals surface area (Å²) in [4.78, 5) is 13.4. The van der Waals surface area contributed by atoms with E-state index in [9.17, 15) is 9.90 Å². The average molecular weight is 262 g/mol. The Bertz CT molecular complexity index is 440. The summed E-state index contributed by atoms with van der Waals surface area (Å²) in [5, 5.41) is 10.1. The standard InChI is InChI=1S/C15H22N2O2/c1-2-14(18)12-5-3-4-6-13(12)17-9-7-11(8-10-17)15(16)19/h3-6,11,14,18H,2,7-10H2,1H3,(H2,16,19)/t14-/m1/s1. The van der Waals surface area contributed by atoms with Gasteiger partial charge in [0.25, 0.3) is 0 Å². The second kappa shape index (κ2) is 6.06. The Kier molecular flexibility index (Phi) is 4.43. The summed E-state index contributed by atoms with van der Waals surface area (Å²) in [6.07, 6.45) is 1.87. The molecule has 0 aliphatic carbocycles. The summed E-state index contributed by atoms with van der Waals surface area (Å²) in [6, 6.07) is 7.96. The van der Waals surface area contributed by atoms with Crippen LogP contribution >= 0.6 is 0 Å². The number of nitrogens with two attached hydrogens (primary N) is 1. The number of primary amides is 1. The van der Waals surface area contributed by atoms with E-state index in [1.54, 1.807) is 0 Å². The number of para-hydroxylation sites is 1. The van der Waals surface area contributed by atoms with Crippen molar-refractivity contribution in [2.75, 3.05) is 18.0 Å². The molecule has 1 aliphatic rings. The summed E-state index contributed by atoms with van der Waals surface area (Å²) in [7, 11) is 0. The highest BCUT2D eigenvalue weighted by Gasteiger charge is 2.25. The van der Waals surface area contributed by atoms with E-state index in [0.29, 0.717) is 6.42 Å². The molecular formula is C15H22N2O2. The molecule has 0 spiro atoms. The SMILES string of the molecule is CC[C@@H](O)c1ccccc1N1CCC(C(N)=O)CC1. The lowest BCUT2D eigenvalue weighted by molar-refractivity contribution is -0.122. The highest BCUT2D eigenvalue weighted by molar-refractivity contribution is 5.77. The Hall–Kier alpha value is -1.55. The van der Waals surface area contributed by atoms with Gasteiger partial charge in [0.2, 0.25) is 5.91 Å². The third-order valence-electron chi connectivity index (χ3n) is 3.92. The lowest BCUT2D eigenvalue weighted by atomic mass is 9.94. The number of hydrogen-bond donors (Lipinski definition) is 2. The van der Waals surface area contributed by atoms with Crippen LogP contribution in [-0.4, -0.2) is 24.1 Å². The summed E-state index contributed by atoms with van der Waals surface area (Å²) in [6.45, 7) is 3.61. The number of anilines is 1. The van der Waals surface area contributed by atoms with Crippen LogP contribution in [0.15, 0.2) is 24.3 Å². The molecule has 2 rings (SSSR count). The number of aliphatic hydroxyl groups is 1. The van der Waals surface area contributed by atoms with Gasteiger partial charge in [0.05, 0.1) is 6.10 Å². The van der Waals surface area contributed by atoms with Crippen molar-refractivity contribution in [1.82, 2.24) is 0 Å². The molecule has 4 heteroatoms. The van der Waals surface area contributed by atoms with E-state index in [-0.39, 0.29) is 11.8 Å². The van der Waals surface area contributed by atoms with Crippen molar-refractivity contribution in [2.45, 2.75) is 32.3 Å². The van der Waals surface area contributed by atoms with Crippen LogP contribution in [0.4, 0.5) is 5.69 Å². The Morgan fingerprint density at radius 3 is 2.63 bits per heavy atom. The topological polar surface area (TPSA) is 66.6 Å². The van der Waals surface area contributed by atoms with Crippen LogP contribution in [-0.2, 0) is 4.79 Å². The molecule has 104 valence electrons. The monoisotopic (exact) mass is 262 g/mol. The number of rotatable bonds is 4. The summed E-state index contributed by atoms with van der Waals surface area (Å²) < 4.78 is 0.